The van der Waals surface area contributed by atoms with E-state index in [4.69, 9.17) is 14.6 Å². The van der Waals surface area contributed by atoms with E-state index in [1.807, 2.05) is 0 Å². The van der Waals surface area contributed by atoms with E-state index in [2.05, 4.69) is 0 Å². The molecule has 1 aliphatic heterocycles. The molecule has 0 spiro atoms. The smallest absolute Gasteiger partial charge is 0.310 e. The van der Waals surface area contributed by atoms with Crippen molar-refractivity contribution in [1.82, 2.24) is 0 Å². The molecule has 3 nitrogen and oxygen atoms in total. The second-order valence-electron chi connectivity index (χ2n) is 3.36. The van der Waals surface area contributed by atoms with Crippen LogP contribution in [0.1, 0.15) is 6.42 Å². The number of hydrogen-bond donors (Lipinski definition) is 1. The molecular formula is C8H12F4O3. The molecule has 0 aromatic heterocycles. The summed E-state index contributed by atoms with van der Waals surface area (Å²) in [5.74, 6) is -4.13. The van der Waals surface area contributed by atoms with Crippen molar-refractivity contribution in [2.75, 3.05) is 19.8 Å². The number of hydrogen-bond acceptors (Lipinski definition) is 3. The maximum absolute atomic E-state index is 12.6. The van der Waals surface area contributed by atoms with Gasteiger partial charge in [-0.2, -0.15) is 0 Å². The first-order valence-electron chi connectivity index (χ1n) is 4.45. The number of rotatable bonds is 7. The lowest BCUT2D eigenvalue weighted by molar-refractivity contribution is -0.159. The van der Waals surface area contributed by atoms with Gasteiger partial charge in [-0.25, -0.2) is 17.6 Å². The fraction of sp³-hybridized carbons (Fsp3) is 1.00. The third-order valence-electron chi connectivity index (χ3n) is 1.94. The van der Waals surface area contributed by atoms with Gasteiger partial charge in [-0.3, -0.25) is 0 Å². The van der Waals surface area contributed by atoms with E-state index in [0.29, 0.717) is 6.61 Å². The summed E-state index contributed by atoms with van der Waals surface area (Å²) in [4.78, 5) is 0. The Kier molecular flexibility index (Phi) is 4.30. The first-order chi connectivity index (χ1) is 6.95. The Hall–Kier alpha value is -0.400. The molecule has 2 unspecified atom stereocenters. The Labute approximate surface area is 84.0 Å². The maximum Gasteiger partial charge on any atom is 0.310 e. The Morgan fingerprint density at radius 3 is 2.47 bits per heavy atom. The molecule has 0 radical (unpaired) electrons. The second-order valence-corrected chi connectivity index (χ2v) is 3.36. The Morgan fingerprint density at radius 2 is 2.07 bits per heavy atom. The lowest BCUT2D eigenvalue weighted by Gasteiger charge is -2.21. The molecule has 0 aliphatic carbocycles. The van der Waals surface area contributed by atoms with Crippen LogP contribution in [0.3, 0.4) is 0 Å². The molecule has 90 valence electrons. The van der Waals surface area contributed by atoms with Gasteiger partial charge in [-0.15, -0.1) is 0 Å². The molecule has 1 fully saturated rings. The molecule has 0 saturated carbocycles. The molecule has 0 aromatic rings. The fourth-order valence-electron chi connectivity index (χ4n) is 0.976. The summed E-state index contributed by atoms with van der Waals surface area (Å²) in [6.45, 7) is -0.192. The van der Waals surface area contributed by atoms with Crippen LogP contribution in [0.15, 0.2) is 0 Å². The molecule has 1 heterocycles. The van der Waals surface area contributed by atoms with Crippen molar-refractivity contribution in [3.8, 4) is 0 Å². The summed E-state index contributed by atoms with van der Waals surface area (Å²) in [7, 11) is 0. The Morgan fingerprint density at radius 1 is 1.47 bits per heavy atom. The van der Waals surface area contributed by atoms with E-state index in [1.54, 1.807) is 0 Å². The molecule has 1 aliphatic rings. The minimum Gasteiger partial charge on any atom is -0.394 e. The van der Waals surface area contributed by atoms with E-state index in [-0.39, 0.29) is 12.7 Å². The summed E-state index contributed by atoms with van der Waals surface area (Å²) in [5.41, 5.74) is 0. The van der Waals surface area contributed by atoms with Crippen LogP contribution in [0.5, 0.6) is 0 Å². The van der Waals surface area contributed by atoms with Crippen LogP contribution in [0, 0.1) is 0 Å². The van der Waals surface area contributed by atoms with Crippen molar-refractivity contribution < 1.29 is 32.1 Å². The predicted octanol–water partition coefficient (Wildman–Crippen LogP) is 1.05. The van der Waals surface area contributed by atoms with Gasteiger partial charge in [-0.05, 0) is 0 Å². The van der Waals surface area contributed by atoms with E-state index < -0.39 is 31.5 Å². The topological polar surface area (TPSA) is 42.0 Å². The zero-order chi connectivity index (χ0) is 11.5. The highest BCUT2D eigenvalue weighted by Gasteiger charge is 2.43. The first-order valence-corrected chi connectivity index (χ1v) is 4.45. The average Bonchev–Trinajstić information content (AvgIpc) is 2.95. The van der Waals surface area contributed by atoms with Crippen LogP contribution >= 0.6 is 0 Å². The first kappa shape index (κ1) is 12.7. The molecule has 1 saturated heterocycles. The van der Waals surface area contributed by atoms with Gasteiger partial charge in [0.15, 0.2) is 0 Å². The molecule has 0 amide bonds. The third kappa shape index (κ3) is 4.31. The van der Waals surface area contributed by atoms with Gasteiger partial charge in [0.25, 0.3) is 0 Å². The quantitative estimate of drug-likeness (QED) is 0.527. The Bertz CT molecular complexity index is 196. The molecule has 1 N–H and O–H groups in total. The van der Waals surface area contributed by atoms with Gasteiger partial charge in [-0.1, -0.05) is 0 Å². The van der Waals surface area contributed by atoms with Crippen LogP contribution in [0.2, 0.25) is 0 Å². The summed E-state index contributed by atoms with van der Waals surface area (Å²) in [5, 5.41) is 8.66. The zero-order valence-electron chi connectivity index (χ0n) is 7.84. The highest BCUT2D eigenvalue weighted by molar-refractivity contribution is 4.76. The molecule has 1 rings (SSSR count). The minimum atomic E-state index is -4.13. The van der Waals surface area contributed by atoms with Crippen LogP contribution in [0.4, 0.5) is 17.6 Å². The monoisotopic (exact) mass is 232 g/mol. The summed E-state index contributed by atoms with van der Waals surface area (Å²) < 4.78 is 58.3. The van der Waals surface area contributed by atoms with Crippen molar-refractivity contribution in [3.63, 3.8) is 0 Å². The van der Waals surface area contributed by atoms with Gasteiger partial charge < -0.3 is 14.6 Å². The zero-order valence-corrected chi connectivity index (χ0v) is 7.84. The van der Waals surface area contributed by atoms with E-state index in [9.17, 15) is 17.6 Å². The van der Waals surface area contributed by atoms with Gasteiger partial charge in [0, 0.05) is 6.42 Å². The number of aliphatic hydroxyl groups excluding tert-OH is 1. The van der Waals surface area contributed by atoms with E-state index in [1.165, 1.54) is 0 Å². The predicted molar refractivity (Wildman–Crippen MR) is 42.1 cm³/mol. The molecule has 7 heteroatoms. The van der Waals surface area contributed by atoms with Crippen molar-refractivity contribution in [2.45, 2.75) is 31.0 Å². The number of ether oxygens (including phenoxy) is 2. The summed E-state index contributed by atoms with van der Waals surface area (Å²) in [6.07, 6.45) is -6.36. The van der Waals surface area contributed by atoms with Gasteiger partial charge in [0.05, 0.1) is 25.9 Å². The highest BCUT2D eigenvalue weighted by atomic mass is 19.3. The average molecular weight is 232 g/mol. The standard InChI is InChI=1S/C8H12F4O3/c9-7(10)8(11,12)1-5(2-13)14-3-6-4-15-6/h5-7,13H,1-4H2. The van der Waals surface area contributed by atoms with Gasteiger partial charge in [0.1, 0.15) is 6.10 Å². The minimum absolute atomic E-state index is 0.0462. The molecule has 0 aromatic carbocycles. The highest BCUT2D eigenvalue weighted by Crippen LogP contribution is 2.29. The van der Waals surface area contributed by atoms with Crippen LogP contribution in [-0.4, -0.2) is 49.5 Å². The fourth-order valence-corrected chi connectivity index (χ4v) is 0.976. The number of aliphatic hydroxyl groups is 1. The summed E-state index contributed by atoms with van der Waals surface area (Å²) >= 11 is 0. The number of alkyl halides is 4. The summed E-state index contributed by atoms with van der Waals surface area (Å²) in [6, 6.07) is 0. The van der Waals surface area contributed by atoms with Gasteiger partial charge in [0.2, 0.25) is 0 Å². The lowest BCUT2D eigenvalue weighted by atomic mass is 10.1. The largest absolute Gasteiger partial charge is 0.394 e. The Balaban J connectivity index is 2.30. The van der Waals surface area contributed by atoms with Crippen LogP contribution in [-0.2, 0) is 9.47 Å². The normalized spacial score (nSPS) is 23.2. The second kappa shape index (κ2) is 5.09. The molecule has 15 heavy (non-hydrogen) atoms. The maximum atomic E-state index is 12.6. The van der Waals surface area contributed by atoms with Crippen molar-refractivity contribution in [2.24, 2.45) is 0 Å². The molecule has 2 atom stereocenters. The SMILES string of the molecule is OCC(CC(F)(F)C(F)F)OCC1CO1. The number of epoxide rings is 1. The van der Waals surface area contributed by atoms with E-state index >= 15 is 0 Å². The van der Waals surface area contributed by atoms with Crippen LogP contribution in [0.25, 0.3) is 0 Å². The van der Waals surface area contributed by atoms with Crippen molar-refractivity contribution in [1.29, 1.82) is 0 Å². The van der Waals surface area contributed by atoms with E-state index in [0.717, 1.165) is 0 Å². The lowest BCUT2D eigenvalue weighted by Crippen LogP contribution is -2.35. The third-order valence-corrected chi connectivity index (χ3v) is 1.94. The molecule has 0 bridgehead atoms. The van der Waals surface area contributed by atoms with Gasteiger partial charge >= 0.3 is 12.3 Å². The van der Waals surface area contributed by atoms with Crippen molar-refractivity contribution in [3.05, 3.63) is 0 Å². The van der Waals surface area contributed by atoms with Crippen molar-refractivity contribution >= 4 is 0 Å². The number of halogens is 4. The molecular weight excluding hydrogens is 220 g/mol. The van der Waals surface area contributed by atoms with Crippen LogP contribution < -0.4 is 0 Å².